The Morgan fingerprint density at radius 1 is 1.04 bits per heavy atom. The van der Waals surface area contributed by atoms with E-state index in [1.54, 1.807) is 11.8 Å². The van der Waals surface area contributed by atoms with E-state index in [1.807, 2.05) is 36.4 Å². The number of thioether (sulfide) groups is 1. The van der Waals surface area contributed by atoms with E-state index in [-0.39, 0.29) is 23.7 Å². The summed E-state index contributed by atoms with van der Waals surface area (Å²) in [5.74, 6) is 1.29. The maximum atomic E-state index is 13.2. The maximum Gasteiger partial charge on any atom is 0.573 e. The number of aromatic nitrogens is 3. The van der Waals surface area contributed by atoms with Crippen LogP contribution in [0.15, 0.2) is 84.1 Å². The highest BCUT2D eigenvalue weighted by Crippen LogP contribution is 2.36. The molecule has 8 nitrogen and oxygen atoms in total. The van der Waals surface area contributed by atoms with Crippen molar-refractivity contribution in [3.05, 3.63) is 90.3 Å². The lowest BCUT2D eigenvalue weighted by Gasteiger charge is -2.31. The number of nitrogens with one attached hydrogen (secondary N) is 1. The van der Waals surface area contributed by atoms with Gasteiger partial charge in [0.15, 0.2) is 11.0 Å². The quantitative estimate of drug-likeness (QED) is 0.224. The van der Waals surface area contributed by atoms with Gasteiger partial charge >= 0.3 is 12.4 Å². The summed E-state index contributed by atoms with van der Waals surface area (Å²) in [4.78, 5) is 24.3. The SMILES string of the molecule is CCc1ccccc1N1CCCSC1=NC(=O)NC1CCCC1c1ccc(-c2ncn(-c3ccc(OC(F)(F)F)cc3)n2)cc1. The Kier molecular flexibility index (Phi) is 9.11. The van der Waals surface area contributed by atoms with Crippen molar-refractivity contribution in [2.45, 2.75) is 57.3 Å². The molecule has 0 bridgehead atoms. The second-order valence-electron chi connectivity index (χ2n) is 11.0. The van der Waals surface area contributed by atoms with E-state index in [4.69, 9.17) is 0 Å². The fourth-order valence-electron chi connectivity index (χ4n) is 5.96. The molecule has 0 radical (unpaired) electrons. The molecule has 234 valence electrons. The molecule has 1 aliphatic carbocycles. The van der Waals surface area contributed by atoms with Gasteiger partial charge in [-0.05, 0) is 67.1 Å². The maximum absolute atomic E-state index is 13.2. The van der Waals surface area contributed by atoms with Crippen LogP contribution in [0.5, 0.6) is 5.75 Å². The van der Waals surface area contributed by atoms with Crippen LogP contribution in [0.3, 0.4) is 0 Å². The van der Waals surface area contributed by atoms with Gasteiger partial charge in [0, 0.05) is 35.5 Å². The van der Waals surface area contributed by atoms with Crippen molar-refractivity contribution < 1.29 is 22.7 Å². The average Bonchev–Trinajstić information content (AvgIpc) is 3.71. The third-order valence-corrected chi connectivity index (χ3v) is 9.16. The Labute approximate surface area is 263 Å². The van der Waals surface area contributed by atoms with Crippen LogP contribution in [-0.4, -0.2) is 50.7 Å². The summed E-state index contributed by atoms with van der Waals surface area (Å²) < 4.78 is 42.8. The van der Waals surface area contributed by atoms with Crippen LogP contribution in [0.4, 0.5) is 23.7 Å². The zero-order valence-corrected chi connectivity index (χ0v) is 25.5. The summed E-state index contributed by atoms with van der Waals surface area (Å²) in [5.41, 5.74) is 4.84. The van der Waals surface area contributed by atoms with Gasteiger partial charge in [-0.3, -0.25) is 0 Å². The predicted octanol–water partition coefficient (Wildman–Crippen LogP) is 7.74. The standard InChI is InChI=1S/C33H33F3N6O2S/c1-2-22-7-3-4-10-29(22)41-19-6-20-45-32(41)39-31(43)38-28-9-5-8-27(28)23-11-13-24(14-12-23)30-37-21-42(40-30)25-15-17-26(18-16-25)44-33(34,35)36/h3-4,7,10-18,21,27-28H,2,5-6,8-9,19-20H2,1H3,(H,38,43). The molecule has 1 saturated heterocycles. The smallest absolute Gasteiger partial charge is 0.406 e. The summed E-state index contributed by atoms with van der Waals surface area (Å²) in [6.45, 7) is 2.98. The fourth-order valence-corrected chi connectivity index (χ4v) is 6.91. The first-order valence-electron chi connectivity index (χ1n) is 15.0. The molecular formula is C33H33F3N6O2S. The molecule has 12 heteroatoms. The first-order valence-corrected chi connectivity index (χ1v) is 16.0. The van der Waals surface area contributed by atoms with Crippen LogP contribution in [0, 0.1) is 0 Å². The molecule has 2 aliphatic rings. The number of carbonyl (C=O) groups is 1. The molecule has 1 aromatic heterocycles. The van der Waals surface area contributed by atoms with Gasteiger partial charge in [0.25, 0.3) is 0 Å². The van der Waals surface area contributed by atoms with Gasteiger partial charge in [0.05, 0.1) is 5.69 Å². The molecule has 2 fully saturated rings. The van der Waals surface area contributed by atoms with Gasteiger partial charge in [-0.25, -0.2) is 14.5 Å². The Balaban J connectivity index is 1.11. The lowest BCUT2D eigenvalue weighted by atomic mass is 9.93. The van der Waals surface area contributed by atoms with E-state index in [0.29, 0.717) is 11.5 Å². The summed E-state index contributed by atoms with van der Waals surface area (Å²) >= 11 is 1.63. The monoisotopic (exact) mass is 634 g/mol. The van der Waals surface area contributed by atoms with Gasteiger partial charge in [0.1, 0.15) is 12.1 Å². The minimum absolute atomic E-state index is 0.0145. The number of ether oxygens (including phenoxy) is 1. The van der Waals surface area contributed by atoms with Crippen molar-refractivity contribution in [2.75, 3.05) is 17.2 Å². The molecule has 3 aromatic carbocycles. The number of para-hydroxylation sites is 1. The minimum atomic E-state index is -4.75. The molecule has 2 heterocycles. The largest absolute Gasteiger partial charge is 0.573 e. The van der Waals surface area contributed by atoms with Crippen molar-refractivity contribution in [3.63, 3.8) is 0 Å². The third kappa shape index (κ3) is 7.33. The number of hydrogen-bond donors (Lipinski definition) is 1. The summed E-state index contributed by atoms with van der Waals surface area (Å²) in [6, 6.07) is 21.4. The Morgan fingerprint density at radius 3 is 2.58 bits per heavy atom. The van der Waals surface area contributed by atoms with E-state index in [0.717, 1.165) is 66.4 Å². The van der Waals surface area contributed by atoms with Crippen molar-refractivity contribution in [3.8, 4) is 22.8 Å². The molecule has 1 N–H and O–H groups in total. The minimum Gasteiger partial charge on any atom is -0.406 e. The Hall–Kier alpha value is -4.32. The second-order valence-corrected chi connectivity index (χ2v) is 12.1. The molecule has 2 atom stereocenters. The van der Waals surface area contributed by atoms with Crippen molar-refractivity contribution in [1.29, 1.82) is 0 Å². The number of benzene rings is 3. The number of hydrogen-bond acceptors (Lipinski definition) is 5. The number of carbonyl (C=O) groups excluding carboxylic acids is 1. The number of rotatable bonds is 7. The number of alkyl halides is 3. The first-order chi connectivity index (χ1) is 21.8. The number of amidine groups is 1. The van der Waals surface area contributed by atoms with E-state index < -0.39 is 6.36 Å². The highest BCUT2D eigenvalue weighted by Gasteiger charge is 2.32. The molecule has 2 amide bonds. The van der Waals surface area contributed by atoms with Gasteiger partial charge < -0.3 is 15.0 Å². The highest BCUT2D eigenvalue weighted by molar-refractivity contribution is 8.14. The lowest BCUT2D eigenvalue weighted by molar-refractivity contribution is -0.274. The molecule has 4 aromatic rings. The number of urea groups is 1. The molecular weight excluding hydrogens is 601 g/mol. The Bertz CT molecular complexity index is 1660. The molecule has 1 aliphatic heterocycles. The third-order valence-electron chi connectivity index (χ3n) is 8.10. The number of anilines is 1. The number of nitrogens with zero attached hydrogens (tertiary/aromatic N) is 5. The van der Waals surface area contributed by atoms with Gasteiger partial charge in [-0.2, -0.15) is 4.99 Å². The van der Waals surface area contributed by atoms with Gasteiger partial charge in [-0.15, -0.1) is 18.3 Å². The van der Waals surface area contributed by atoms with Crippen molar-refractivity contribution in [2.24, 2.45) is 4.99 Å². The van der Waals surface area contributed by atoms with Crippen LogP contribution in [-0.2, 0) is 6.42 Å². The van der Waals surface area contributed by atoms with Crippen LogP contribution in [0.2, 0.25) is 0 Å². The number of halogens is 3. The van der Waals surface area contributed by atoms with Crippen LogP contribution >= 0.6 is 11.8 Å². The second kappa shape index (κ2) is 13.4. The Morgan fingerprint density at radius 2 is 1.82 bits per heavy atom. The van der Waals surface area contributed by atoms with E-state index in [1.165, 1.54) is 40.8 Å². The zero-order chi connectivity index (χ0) is 31.4. The summed E-state index contributed by atoms with van der Waals surface area (Å²) in [7, 11) is 0. The number of aliphatic imine (C=N–C) groups is 1. The van der Waals surface area contributed by atoms with Gasteiger partial charge in [-0.1, -0.05) is 67.6 Å². The fraction of sp³-hybridized carbons (Fsp3) is 0.333. The van der Waals surface area contributed by atoms with Crippen LogP contribution < -0.4 is 15.0 Å². The molecule has 45 heavy (non-hydrogen) atoms. The highest BCUT2D eigenvalue weighted by atomic mass is 32.2. The average molecular weight is 635 g/mol. The zero-order valence-electron chi connectivity index (χ0n) is 24.7. The van der Waals surface area contributed by atoms with Crippen molar-refractivity contribution >= 4 is 28.6 Å². The number of amides is 2. The van der Waals surface area contributed by atoms with Gasteiger partial charge in [0.2, 0.25) is 0 Å². The number of aryl methyl sites for hydroxylation is 1. The molecule has 2 unspecified atom stereocenters. The van der Waals surface area contributed by atoms with E-state index in [9.17, 15) is 18.0 Å². The van der Waals surface area contributed by atoms with Crippen LogP contribution in [0.1, 0.15) is 49.7 Å². The first kappa shape index (κ1) is 30.7. The molecule has 6 rings (SSSR count). The molecule has 0 spiro atoms. The lowest BCUT2D eigenvalue weighted by Crippen LogP contribution is -2.39. The van der Waals surface area contributed by atoms with Crippen molar-refractivity contribution in [1.82, 2.24) is 20.1 Å². The summed E-state index contributed by atoms with van der Waals surface area (Å²) in [5, 5.41) is 8.44. The molecule has 1 saturated carbocycles. The predicted molar refractivity (Wildman–Crippen MR) is 170 cm³/mol. The van der Waals surface area contributed by atoms with Crippen LogP contribution in [0.25, 0.3) is 17.1 Å². The van der Waals surface area contributed by atoms with E-state index in [2.05, 4.69) is 49.1 Å². The normalized spacial score (nSPS) is 19.6. The summed E-state index contributed by atoms with van der Waals surface area (Å²) in [6.07, 6.45) is 1.58. The topological polar surface area (TPSA) is 84.6 Å². The van der Waals surface area contributed by atoms with E-state index >= 15 is 0 Å².